The molecule has 3 N–H and O–H groups in total. The molecule has 178 valence electrons. The first-order chi connectivity index (χ1) is 14.7. The van der Waals surface area contributed by atoms with Crippen LogP contribution in [0.5, 0.6) is 0 Å². The molecule has 0 saturated carbocycles. The molecule has 1 saturated heterocycles. The molecule has 1 heterocycles. The topological polar surface area (TPSA) is 79.2 Å². The number of aliphatic hydroxyl groups is 3. The average Bonchev–Trinajstić information content (AvgIpc) is 3.08. The van der Waals surface area contributed by atoms with E-state index in [0.717, 1.165) is 25.7 Å². The van der Waals surface area contributed by atoms with Gasteiger partial charge in [-0.3, -0.25) is 0 Å². The zero-order valence-electron chi connectivity index (χ0n) is 19.4. The molecular formula is C25H48O5. The molecule has 0 aromatic carbocycles. The van der Waals surface area contributed by atoms with Crippen molar-refractivity contribution in [1.29, 1.82) is 0 Å². The number of aliphatic hydroxyl groups excluding tert-OH is 3. The number of rotatable bonds is 20. The van der Waals surface area contributed by atoms with Crippen LogP contribution < -0.4 is 0 Å². The van der Waals surface area contributed by atoms with Crippen LogP contribution in [0.3, 0.4) is 0 Å². The maximum absolute atomic E-state index is 9.95. The minimum atomic E-state index is -1.03. The molecule has 0 aromatic rings. The number of allylic oxidation sites excluding steroid dienone is 2. The van der Waals surface area contributed by atoms with Gasteiger partial charge in [-0.2, -0.15) is 0 Å². The van der Waals surface area contributed by atoms with Crippen LogP contribution in [0, 0.1) is 0 Å². The molecule has 0 aliphatic carbocycles. The second kappa shape index (κ2) is 19.2. The highest BCUT2D eigenvalue weighted by molar-refractivity contribution is 4.87. The van der Waals surface area contributed by atoms with Crippen molar-refractivity contribution in [3.8, 4) is 0 Å². The molecular weight excluding hydrogens is 380 g/mol. The summed E-state index contributed by atoms with van der Waals surface area (Å²) in [7, 11) is 0. The Labute approximate surface area is 184 Å². The number of ether oxygens (including phenoxy) is 2. The largest absolute Gasteiger partial charge is 0.388 e. The van der Waals surface area contributed by atoms with Gasteiger partial charge in [0.2, 0.25) is 0 Å². The van der Waals surface area contributed by atoms with Gasteiger partial charge in [0.1, 0.15) is 24.4 Å². The van der Waals surface area contributed by atoms with Crippen molar-refractivity contribution < 1.29 is 24.8 Å². The monoisotopic (exact) mass is 428 g/mol. The van der Waals surface area contributed by atoms with Gasteiger partial charge in [-0.05, 0) is 32.1 Å². The lowest BCUT2D eigenvalue weighted by molar-refractivity contribution is -0.0813. The van der Waals surface area contributed by atoms with E-state index in [2.05, 4.69) is 19.1 Å². The Kier molecular flexibility index (Phi) is 17.7. The molecule has 1 aliphatic rings. The Hall–Kier alpha value is -0.460. The fraction of sp³-hybridized carbons (Fsp3) is 0.920. The van der Waals surface area contributed by atoms with Crippen molar-refractivity contribution in [2.75, 3.05) is 19.8 Å². The van der Waals surface area contributed by atoms with Crippen LogP contribution >= 0.6 is 0 Å². The Bertz CT molecular complexity index is 401. The third-order valence-corrected chi connectivity index (χ3v) is 5.91. The van der Waals surface area contributed by atoms with E-state index in [1.165, 1.54) is 70.6 Å². The van der Waals surface area contributed by atoms with E-state index in [4.69, 9.17) is 9.47 Å². The zero-order chi connectivity index (χ0) is 21.9. The van der Waals surface area contributed by atoms with E-state index in [1.807, 2.05) is 0 Å². The number of hydrogen-bond donors (Lipinski definition) is 3. The summed E-state index contributed by atoms with van der Waals surface area (Å²) in [4.78, 5) is 0. The summed E-state index contributed by atoms with van der Waals surface area (Å²) in [6.45, 7) is 3.07. The lowest BCUT2D eigenvalue weighted by Crippen LogP contribution is -2.40. The van der Waals surface area contributed by atoms with E-state index in [-0.39, 0.29) is 13.2 Å². The van der Waals surface area contributed by atoms with Gasteiger partial charge in [0.15, 0.2) is 0 Å². The predicted octanol–water partition coefficient (Wildman–Crippen LogP) is 4.91. The van der Waals surface area contributed by atoms with Gasteiger partial charge >= 0.3 is 0 Å². The number of unbranched alkanes of at least 4 members (excludes halogenated alkanes) is 13. The predicted molar refractivity (Wildman–Crippen MR) is 123 cm³/mol. The highest BCUT2D eigenvalue weighted by Gasteiger charge is 2.39. The molecule has 0 spiro atoms. The van der Waals surface area contributed by atoms with Gasteiger partial charge < -0.3 is 24.8 Å². The van der Waals surface area contributed by atoms with Crippen molar-refractivity contribution >= 4 is 0 Å². The fourth-order valence-electron chi connectivity index (χ4n) is 3.89. The van der Waals surface area contributed by atoms with Crippen molar-refractivity contribution in [3.63, 3.8) is 0 Å². The maximum atomic E-state index is 9.95. The van der Waals surface area contributed by atoms with Crippen LogP contribution in [0.25, 0.3) is 0 Å². The number of hydrogen-bond acceptors (Lipinski definition) is 5. The fourth-order valence-corrected chi connectivity index (χ4v) is 3.89. The van der Waals surface area contributed by atoms with Crippen molar-refractivity contribution in [3.05, 3.63) is 12.2 Å². The highest BCUT2D eigenvalue weighted by atomic mass is 16.5. The van der Waals surface area contributed by atoms with Crippen LogP contribution in [-0.2, 0) is 9.47 Å². The van der Waals surface area contributed by atoms with E-state index in [0.29, 0.717) is 6.61 Å². The summed E-state index contributed by atoms with van der Waals surface area (Å²) in [6, 6.07) is 0. The molecule has 30 heavy (non-hydrogen) atoms. The normalized spacial score (nSPS) is 22.9. The molecule has 0 aromatic heterocycles. The van der Waals surface area contributed by atoms with E-state index >= 15 is 0 Å². The molecule has 1 rings (SSSR count). The van der Waals surface area contributed by atoms with Crippen molar-refractivity contribution in [2.45, 2.75) is 128 Å². The first kappa shape index (κ1) is 27.6. The third-order valence-electron chi connectivity index (χ3n) is 5.91. The van der Waals surface area contributed by atoms with Crippen LogP contribution in [0.4, 0.5) is 0 Å². The van der Waals surface area contributed by atoms with Crippen LogP contribution in [0.15, 0.2) is 12.2 Å². The molecule has 5 nitrogen and oxygen atoms in total. The molecule has 0 radical (unpaired) electrons. The highest BCUT2D eigenvalue weighted by Crippen LogP contribution is 2.18. The Balaban J connectivity index is 1.78. The summed E-state index contributed by atoms with van der Waals surface area (Å²) in [5, 5.41) is 29.1. The molecule has 4 atom stereocenters. The first-order valence-electron chi connectivity index (χ1n) is 12.5. The van der Waals surface area contributed by atoms with Gasteiger partial charge in [-0.25, -0.2) is 0 Å². The summed E-state index contributed by atoms with van der Waals surface area (Å²) in [5.41, 5.74) is 0. The summed E-state index contributed by atoms with van der Waals surface area (Å²) >= 11 is 0. The zero-order valence-corrected chi connectivity index (χ0v) is 19.4. The quantitative estimate of drug-likeness (QED) is 0.190. The van der Waals surface area contributed by atoms with E-state index in [1.54, 1.807) is 0 Å². The summed E-state index contributed by atoms with van der Waals surface area (Å²) in [6.07, 6.45) is 20.5. The first-order valence-corrected chi connectivity index (χ1v) is 12.5. The van der Waals surface area contributed by atoms with Crippen molar-refractivity contribution in [2.24, 2.45) is 0 Å². The summed E-state index contributed by atoms with van der Waals surface area (Å²) in [5.74, 6) is 0. The minimum Gasteiger partial charge on any atom is -0.388 e. The Morgan fingerprint density at radius 1 is 0.833 bits per heavy atom. The molecule has 0 unspecified atom stereocenters. The second-order valence-corrected chi connectivity index (χ2v) is 8.79. The molecule has 1 aliphatic heterocycles. The van der Waals surface area contributed by atoms with Crippen LogP contribution in [-0.4, -0.2) is 59.6 Å². The van der Waals surface area contributed by atoms with E-state index < -0.39 is 24.4 Å². The third kappa shape index (κ3) is 13.8. The molecule has 0 bridgehead atoms. The second-order valence-electron chi connectivity index (χ2n) is 8.79. The van der Waals surface area contributed by atoms with Crippen molar-refractivity contribution in [1.82, 2.24) is 0 Å². The average molecular weight is 429 g/mol. The van der Waals surface area contributed by atoms with E-state index in [9.17, 15) is 15.3 Å². The molecule has 0 amide bonds. The Morgan fingerprint density at radius 2 is 1.37 bits per heavy atom. The van der Waals surface area contributed by atoms with Gasteiger partial charge in [-0.1, -0.05) is 83.3 Å². The van der Waals surface area contributed by atoms with Crippen LogP contribution in [0.2, 0.25) is 0 Å². The lowest BCUT2D eigenvalue weighted by atomic mass is 10.1. The Morgan fingerprint density at radius 3 is 1.90 bits per heavy atom. The van der Waals surface area contributed by atoms with Gasteiger partial charge in [0, 0.05) is 6.61 Å². The smallest absolute Gasteiger partial charge is 0.114 e. The van der Waals surface area contributed by atoms with Crippen LogP contribution in [0.1, 0.15) is 103 Å². The maximum Gasteiger partial charge on any atom is 0.114 e. The summed E-state index contributed by atoms with van der Waals surface area (Å²) < 4.78 is 10.7. The lowest BCUT2D eigenvalue weighted by Gasteiger charge is -2.20. The molecule has 5 heteroatoms. The standard InChI is InChI=1S/C25H48O5/c1-2-3-4-5-6-7-8-9-10-11-12-13-14-15-16-17-18-19-29-20-23(27)25-24(28)22(26)21-30-25/h13-14,22-28H,2-12,15-21H2,1H3/b14-13+/t22-,23+,24+,25+/m1/s1. The van der Waals surface area contributed by atoms with Gasteiger partial charge in [0.05, 0.1) is 13.2 Å². The van der Waals surface area contributed by atoms with Gasteiger partial charge in [0.25, 0.3) is 0 Å². The molecule has 1 fully saturated rings. The minimum absolute atomic E-state index is 0.0651. The SMILES string of the molecule is CCCCCCCCCCCC/C=C/CCCCCOC[C@H](O)[C@@H]1OC[C@@H](O)[C@@H]1O. The van der Waals surface area contributed by atoms with Gasteiger partial charge in [-0.15, -0.1) is 0 Å².